The Labute approximate surface area is 153 Å². The van der Waals surface area contributed by atoms with E-state index in [0.717, 1.165) is 36.7 Å². The van der Waals surface area contributed by atoms with Crippen molar-refractivity contribution in [2.45, 2.75) is 37.5 Å². The van der Waals surface area contributed by atoms with E-state index in [0.29, 0.717) is 26.1 Å². The fourth-order valence-electron chi connectivity index (χ4n) is 3.78. The van der Waals surface area contributed by atoms with Gasteiger partial charge >= 0.3 is 0 Å². The molecule has 2 heterocycles. The maximum Gasteiger partial charge on any atom is 0.231 e. The predicted molar refractivity (Wildman–Crippen MR) is 98.0 cm³/mol. The van der Waals surface area contributed by atoms with E-state index in [2.05, 4.69) is 11.0 Å². The van der Waals surface area contributed by atoms with E-state index < -0.39 is 11.7 Å². The van der Waals surface area contributed by atoms with Gasteiger partial charge in [-0.1, -0.05) is 36.4 Å². The van der Waals surface area contributed by atoms with Crippen LogP contribution in [0.2, 0.25) is 0 Å². The van der Waals surface area contributed by atoms with E-state index in [1.165, 1.54) is 5.56 Å². The summed E-state index contributed by atoms with van der Waals surface area (Å²) in [7, 11) is 0. The van der Waals surface area contributed by atoms with Crippen LogP contribution in [0, 0.1) is 0 Å². The molecule has 1 saturated heterocycles. The molecule has 5 heteroatoms. The lowest BCUT2D eigenvalue weighted by atomic mass is 9.84. The van der Waals surface area contributed by atoms with Crippen LogP contribution in [0.15, 0.2) is 48.5 Å². The highest BCUT2D eigenvalue weighted by Gasteiger charge is 2.34. The molecule has 1 fully saturated rings. The van der Waals surface area contributed by atoms with Crippen LogP contribution in [0.4, 0.5) is 0 Å². The Bertz CT molecular complexity index is 741. The first kappa shape index (κ1) is 17.3. The molecule has 4 rings (SSSR count). The lowest BCUT2D eigenvalue weighted by Gasteiger charge is -2.39. The van der Waals surface area contributed by atoms with Gasteiger partial charge in [-0.25, -0.2) is 0 Å². The zero-order chi connectivity index (χ0) is 18.0. The third-order valence-corrected chi connectivity index (χ3v) is 5.39. The van der Waals surface area contributed by atoms with Crippen molar-refractivity contribution in [3.8, 4) is 11.5 Å². The summed E-state index contributed by atoms with van der Waals surface area (Å²) >= 11 is 0. The number of piperidine rings is 1. The lowest BCUT2D eigenvalue weighted by Crippen LogP contribution is -2.44. The minimum atomic E-state index is -0.805. The summed E-state index contributed by atoms with van der Waals surface area (Å²) in [6.07, 6.45) is 1.10. The Morgan fingerprint density at radius 3 is 2.50 bits per heavy atom. The van der Waals surface area contributed by atoms with Gasteiger partial charge in [-0.3, -0.25) is 4.90 Å². The standard InChI is InChI=1S/C21H25NO4/c23-18(17-4-2-1-3-5-17)13-21(24)8-10-22(11-9-21)14-16-6-7-19-20(12-16)26-15-25-19/h1-7,12,18,23-24H,8-11,13-15H2. The molecule has 2 N–H and O–H groups in total. The Hall–Kier alpha value is -2.08. The number of rotatable bonds is 5. The van der Waals surface area contributed by atoms with Crippen LogP contribution in [-0.4, -0.2) is 40.6 Å². The summed E-state index contributed by atoms with van der Waals surface area (Å²) in [4.78, 5) is 2.33. The molecule has 1 unspecified atom stereocenters. The second-order valence-electron chi connectivity index (χ2n) is 7.32. The molecule has 0 amide bonds. The van der Waals surface area contributed by atoms with Gasteiger partial charge in [0.2, 0.25) is 6.79 Å². The van der Waals surface area contributed by atoms with Crippen molar-refractivity contribution in [2.24, 2.45) is 0 Å². The van der Waals surface area contributed by atoms with Crippen molar-refractivity contribution in [2.75, 3.05) is 19.9 Å². The molecule has 5 nitrogen and oxygen atoms in total. The van der Waals surface area contributed by atoms with Crippen molar-refractivity contribution in [1.82, 2.24) is 4.90 Å². The summed E-state index contributed by atoms with van der Waals surface area (Å²) in [5, 5.41) is 21.3. The lowest BCUT2D eigenvalue weighted by molar-refractivity contribution is -0.0567. The van der Waals surface area contributed by atoms with Crippen molar-refractivity contribution in [3.63, 3.8) is 0 Å². The number of aliphatic hydroxyl groups excluding tert-OH is 1. The SMILES string of the molecule is OC(CC1(O)CCN(Cc2ccc3c(c2)OCO3)CC1)c1ccccc1. The number of hydrogen-bond acceptors (Lipinski definition) is 5. The molecule has 0 bridgehead atoms. The van der Waals surface area contributed by atoms with Crippen LogP contribution in [0.3, 0.4) is 0 Å². The molecule has 2 aromatic rings. The van der Waals surface area contributed by atoms with Crippen LogP contribution in [0.25, 0.3) is 0 Å². The van der Waals surface area contributed by atoms with Gasteiger partial charge in [0.25, 0.3) is 0 Å². The maximum absolute atomic E-state index is 10.9. The Morgan fingerprint density at radius 1 is 1.00 bits per heavy atom. The number of hydrogen-bond donors (Lipinski definition) is 2. The second kappa shape index (κ2) is 7.27. The fourth-order valence-corrected chi connectivity index (χ4v) is 3.78. The van der Waals surface area contributed by atoms with Gasteiger partial charge in [-0.15, -0.1) is 0 Å². The van der Waals surface area contributed by atoms with E-state index in [9.17, 15) is 10.2 Å². The quantitative estimate of drug-likeness (QED) is 0.864. The maximum atomic E-state index is 10.9. The predicted octanol–water partition coefficient (Wildman–Crippen LogP) is 2.87. The fraction of sp³-hybridized carbons (Fsp3) is 0.429. The summed E-state index contributed by atoms with van der Waals surface area (Å²) in [6, 6.07) is 15.6. The van der Waals surface area contributed by atoms with Gasteiger partial charge in [-0.05, 0) is 36.1 Å². The summed E-state index contributed by atoms with van der Waals surface area (Å²) in [5.41, 5.74) is 1.24. The molecule has 1 atom stereocenters. The number of aliphatic hydroxyl groups is 2. The first-order valence-electron chi connectivity index (χ1n) is 9.18. The largest absolute Gasteiger partial charge is 0.454 e. The molecule has 0 aliphatic carbocycles. The van der Waals surface area contributed by atoms with Crippen molar-refractivity contribution in [3.05, 3.63) is 59.7 Å². The molecule has 0 spiro atoms. The number of fused-ring (bicyclic) bond motifs is 1. The van der Waals surface area contributed by atoms with Crippen molar-refractivity contribution in [1.29, 1.82) is 0 Å². The van der Waals surface area contributed by atoms with Gasteiger partial charge in [0, 0.05) is 26.1 Å². The van der Waals surface area contributed by atoms with E-state index in [4.69, 9.17) is 9.47 Å². The number of benzene rings is 2. The first-order chi connectivity index (χ1) is 12.6. The van der Waals surface area contributed by atoms with Crippen LogP contribution < -0.4 is 9.47 Å². The molecule has 2 aromatic carbocycles. The minimum absolute atomic E-state index is 0.291. The first-order valence-corrected chi connectivity index (χ1v) is 9.18. The summed E-state index contributed by atoms with van der Waals surface area (Å²) < 4.78 is 10.8. The van der Waals surface area contributed by atoms with Crippen LogP contribution >= 0.6 is 0 Å². The minimum Gasteiger partial charge on any atom is -0.454 e. The molecular formula is C21H25NO4. The van der Waals surface area contributed by atoms with Crippen LogP contribution in [-0.2, 0) is 6.54 Å². The van der Waals surface area contributed by atoms with Gasteiger partial charge in [0.05, 0.1) is 11.7 Å². The summed E-state index contributed by atoms with van der Waals surface area (Å²) in [5.74, 6) is 1.61. The van der Waals surface area contributed by atoms with Gasteiger partial charge in [-0.2, -0.15) is 0 Å². The van der Waals surface area contributed by atoms with Gasteiger partial charge in [0.15, 0.2) is 11.5 Å². The number of ether oxygens (including phenoxy) is 2. The summed E-state index contributed by atoms with van der Waals surface area (Å²) in [6.45, 7) is 2.74. The average molecular weight is 355 g/mol. The number of nitrogens with zero attached hydrogens (tertiary/aromatic N) is 1. The third-order valence-electron chi connectivity index (χ3n) is 5.39. The van der Waals surface area contributed by atoms with E-state index in [1.54, 1.807) is 0 Å². The second-order valence-corrected chi connectivity index (χ2v) is 7.32. The van der Waals surface area contributed by atoms with E-state index in [-0.39, 0.29) is 0 Å². The monoisotopic (exact) mass is 355 g/mol. The molecule has 26 heavy (non-hydrogen) atoms. The Morgan fingerprint density at radius 2 is 1.73 bits per heavy atom. The Balaban J connectivity index is 1.32. The zero-order valence-corrected chi connectivity index (χ0v) is 14.8. The van der Waals surface area contributed by atoms with Crippen LogP contribution in [0.1, 0.15) is 36.5 Å². The third kappa shape index (κ3) is 3.85. The molecule has 2 aliphatic heterocycles. The normalized spacial score (nSPS) is 20.1. The van der Waals surface area contributed by atoms with Gasteiger partial charge < -0.3 is 19.7 Å². The van der Waals surface area contributed by atoms with Gasteiger partial charge in [0.1, 0.15) is 0 Å². The topological polar surface area (TPSA) is 62.2 Å². The highest BCUT2D eigenvalue weighted by atomic mass is 16.7. The Kier molecular flexibility index (Phi) is 4.85. The highest BCUT2D eigenvalue weighted by molar-refractivity contribution is 5.44. The zero-order valence-electron chi connectivity index (χ0n) is 14.8. The van der Waals surface area contributed by atoms with E-state index in [1.807, 2.05) is 42.5 Å². The molecule has 2 aliphatic rings. The molecular weight excluding hydrogens is 330 g/mol. The number of likely N-dealkylation sites (tertiary alicyclic amines) is 1. The average Bonchev–Trinajstić information content (AvgIpc) is 3.12. The molecule has 138 valence electrons. The molecule has 0 saturated carbocycles. The van der Waals surface area contributed by atoms with Crippen LogP contribution in [0.5, 0.6) is 11.5 Å². The molecule has 0 radical (unpaired) electrons. The smallest absolute Gasteiger partial charge is 0.231 e. The van der Waals surface area contributed by atoms with Crippen molar-refractivity contribution >= 4 is 0 Å². The molecule has 0 aromatic heterocycles. The highest BCUT2D eigenvalue weighted by Crippen LogP contribution is 2.35. The van der Waals surface area contributed by atoms with Crippen molar-refractivity contribution < 1.29 is 19.7 Å². The van der Waals surface area contributed by atoms with E-state index >= 15 is 0 Å².